The third kappa shape index (κ3) is 6.21. The molecule has 0 radical (unpaired) electrons. The molecule has 1 saturated heterocycles. The number of amides is 1. The lowest BCUT2D eigenvalue weighted by Gasteiger charge is -2.36. The smallest absolute Gasteiger partial charge is 0.253 e. The molecule has 2 aromatic heterocycles. The van der Waals surface area contributed by atoms with Crippen LogP contribution in [0.5, 0.6) is 5.75 Å². The van der Waals surface area contributed by atoms with Crippen LogP contribution in [0.1, 0.15) is 47.2 Å². The summed E-state index contributed by atoms with van der Waals surface area (Å²) in [6, 6.07) is 23.8. The van der Waals surface area contributed by atoms with Crippen molar-refractivity contribution in [1.29, 1.82) is 0 Å². The molecule has 0 aliphatic carbocycles. The summed E-state index contributed by atoms with van der Waals surface area (Å²) in [5.74, 6) is 1.97. The van der Waals surface area contributed by atoms with Gasteiger partial charge < -0.3 is 14.5 Å². The Bertz CT molecular complexity index is 1700. The maximum atomic E-state index is 13.7. The molecule has 0 bridgehead atoms. The highest BCUT2D eigenvalue weighted by molar-refractivity contribution is 5.95. The number of anilines is 1. The van der Waals surface area contributed by atoms with Gasteiger partial charge in [0.1, 0.15) is 23.2 Å². The van der Waals surface area contributed by atoms with Gasteiger partial charge in [0.05, 0.1) is 23.4 Å². The highest BCUT2D eigenvalue weighted by atomic mass is 19.1. The summed E-state index contributed by atoms with van der Waals surface area (Å²) >= 11 is 0. The van der Waals surface area contributed by atoms with E-state index in [4.69, 9.17) is 19.8 Å². The number of carbonyl (C=O) groups excluding carboxylic acids is 1. The Morgan fingerprint density at radius 1 is 0.907 bits per heavy atom. The summed E-state index contributed by atoms with van der Waals surface area (Å²) in [7, 11) is 0. The summed E-state index contributed by atoms with van der Waals surface area (Å²) in [5, 5.41) is 5.66. The van der Waals surface area contributed by atoms with Gasteiger partial charge in [-0.2, -0.15) is 5.10 Å². The lowest BCUT2D eigenvalue weighted by atomic mass is 10.1. The monoisotopic (exact) mass is 578 g/mol. The topological polar surface area (TPSA) is 76.4 Å². The van der Waals surface area contributed by atoms with Gasteiger partial charge in [-0.3, -0.25) is 4.79 Å². The van der Waals surface area contributed by atoms with E-state index in [1.165, 1.54) is 12.1 Å². The first-order valence-corrected chi connectivity index (χ1v) is 14.8. The number of carbonyl (C=O) groups is 1. The number of piperazine rings is 1. The molecule has 1 fully saturated rings. The van der Waals surface area contributed by atoms with Crippen LogP contribution in [0.15, 0.2) is 78.9 Å². The predicted molar refractivity (Wildman–Crippen MR) is 166 cm³/mol. The molecule has 6 rings (SSSR count). The number of ether oxygens (including phenoxy) is 1. The van der Waals surface area contributed by atoms with Crippen LogP contribution in [-0.4, -0.2) is 63.3 Å². The second-order valence-corrected chi connectivity index (χ2v) is 10.8. The van der Waals surface area contributed by atoms with E-state index >= 15 is 0 Å². The number of hydrogen-bond acceptors (Lipinski definition) is 6. The Hall–Kier alpha value is -4.79. The van der Waals surface area contributed by atoms with Crippen molar-refractivity contribution in [3.05, 3.63) is 107 Å². The van der Waals surface area contributed by atoms with E-state index in [9.17, 15) is 9.18 Å². The average molecular weight is 579 g/mol. The number of halogens is 1. The molecule has 1 aliphatic rings. The fourth-order valence-corrected chi connectivity index (χ4v) is 5.39. The second kappa shape index (κ2) is 12.6. The maximum Gasteiger partial charge on any atom is 0.253 e. The maximum absolute atomic E-state index is 13.7. The lowest BCUT2D eigenvalue weighted by Crippen LogP contribution is -2.49. The van der Waals surface area contributed by atoms with Crippen molar-refractivity contribution in [2.45, 2.75) is 33.1 Å². The number of rotatable bonds is 9. The molecule has 0 atom stereocenters. The van der Waals surface area contributed by atoms with Crippen LogP contribution in [0, 0.1) is 12.7 Å². The van der Waals surface area contributed by atoms with Gasteiger partial charge in [0.15, 0.2) is 5.65 Å². The van der Waals surface area contributed by atoms with E-state index in [1.807, 2.05) is 54.3 Å². The van der Waals surface area contributed by atoms with Crippen molar-refractivity contribution in [3.63, 3.8) is 0 Å². The van der Waals surface area contributed by atoms with E-state index in [-0.39, 0.29) is 11.7 Å². The molecular weight excluding hydrogens is 543 g/mol. The number of aryl methyl sites for hydroxylation is 1. The highest BCUT2D eigenvalue weighted by Crippen LogP contribution is 2.30. The molecule has 9 heteroatoms. The van der Waals surface area contributed by atoms with Gasteiger partial charge in [-0.25, -0.2) is 19.0 Å². The number of fused-ring (bicyclic) bond motifs is 1. The molecule has 0 saturated carbocycles. The average Bonchev–Trinajstić information content (AvgIpc) is 3.37. The van der Waals surface area contributed by atoms with E-state index in [2.05, 4.69) is 24.0 Å². The van der Waals surface area contributed by atoms with Crippen LogP contribution in [0.2, 0.25) is 0 Å². The van der Waals surface area contributed by atoms with Gasteiger partial charge in [0.25, 0.3) is 5.91 Å². The Kier molecular flexibility index (Phi) is 8.31. The molecule has 1 amide bonds. The zero-order valence-electron chi connectivity index (χ0n) is 24.5. The van der Waals surface area contributed by atoms with Crippen LogP contribution in [0.4, 0.5) is 10.2 Å². The highest BCUT2D eigenvalue weighted by Gasteiger charge is 2.27. The van der Waals surface area contributed by atoms with Crippen LogP contribution in [-0.2, 0) is 6.42 Å². The molecule has 0 unspecified atom stereocenters. The van der Waals surface area contributed by atoms with Gasteiger partial charge in [0, 0.05) is 38.2 Å². The first-order valence-electron chi connectivity index (χ1n) is 14.8. The summed E-state index contributed by atoms with van der Waals surface area (Å²) < 4.78 is 21.2. The summed E-state index contributed by atoms with van der Waals surface area (Å²) in [4.78, 5) is 27.4. The minimum absolute atomic E-state index is 0.0117. The second-order valence-electron chi connectivity index (χ2n) is 10.8. The van der Waals surface area contributed by atoms with Crippen LogP contribution in [0.25, 0.3) is 16.7 Å². The zero-order valence-corrected chi connectivity index (χ0v) is 24.5. The number of aromatic nitrogens is 4. The third-order valence-electron chi connectivity index (χ3n) is 7.74. The van der Waals surface area contributed by atoms with E-state index in [0.717, 1.165) is 46.7 Å². The van der Waals surface area contributed by atoms with Gasteiger partial charge in [-0.15, -0.1) is 0 Å². The standard InChI is InChI=1S/C34H35FN6O2/c1-3-4-22-43-29-16-10-26(11-17-29)34(42)40-20-18-39(19-21-40)32-31-24(2)38-41(28-14-12-27(35)13-15-28)33(31)37-30(36-32)23-25-8-6-5-7-9-25/h5-17H,3-4,18-23H2,1-2H3. The third-order valence-corrected chi connectivity index (χ3v) is 7.74. The molecule has 5 aromatic rings. The lowest BCUT2D eigenvalue weighted by molar-refractivity contribution is 0.0746. The van der Waals surface area contributed by atoms with Gasteiger partial charge in [-0.05, 0) is 67.4 Å². The van der Waals surface area contributed by atoms with Gasteiger partial charge >= 0.3 is 0 Å². The number of benzene rings is 3. The Morgan fingerprint density at radius 3 is 2.33 bits per heavy atom. The molecular formula is C34H35FN6O2. The number of nitrogens with zero attached hydrogens (tertiary/aromatic N) is 6. The molecule has 220 valence electrons. The molecule has 0 N–H and O–H groups in total. The fraction of sp³-hybridized carbons (Fsp3) is 0.294. The molecule has 3 aromatic carbocycles. The zero-order chi connectivity index (χ0) is 29.8. The Morgan fingerprint density at radius 2 is 1.63 bits per heavy atom. The summed E-state index contributed by atoms with van der Waals surface area (Å²) in [5.41, 5.74) is 3.96. The Balaban J connectivity index is 1.26. The van der Waals surface area contributed by atoms with Crippen molar-refractivity contribution in [3.8, 4) is 11.4 Å². The normalized spacial score (nSPS) is 13.5. The van der Waals surface area contributed by atoms with E-state index in [1.54, 1.807) is 16.8 Å². The van der Waals surface area contributed by atoms with Crippen molar-refractivity contribution in [2.75, 3.05) is 37.7 Å². The molecule has 1 aliphatic heterocycles. The first kappa shape index (κ1) is 28.3. The van der Waals surface area contributed by atoms with Gasteiger partial charge in [0.2, 0.25) is 0 Å². The van der Waals surface area contributed by atoms with Crippen molar-refractivity contribution in [1.82, 2.24) is 24.6 Å². The minimum atomic E-state index is -0.305. The number of unbranched alkanes of at least 4 members (excludes halogenated alkanes) is 1. The fourth-order valence-electron chi connectivity index (χ4n) is 5.39. The van der Waals surface area contributed by atoms with Crippen LogP contribution < -0.4 is 9.64 Å². The molecule has 0 spiro atoms. The summed E-state index contributed by atoms with van der Waals surface area (Å²) in [6.07, 6.45) is 2.64. The molecule has 8 nitrogen and oxygen atoms in total. The number of hydrogen-bond donors (Lipinski definition) is 0. The molecule has 3 heterocycles. The van der Waals surface area contributed by atoms with Crippen LogP contribution in [0.3, 0.4) is 0 Å². The first-order chi connectivity index (χ1) is 21.0. The van der Waals surface area contributed by atoms with E-state index < -0.39 is 0 Å². The quantitative estimate of drug-likeness (QED) is 0.200. The largest absolute Gasteiger partial charge is 0.494 e. The Labute approximate surface area is 250 Å². The SMILES string of the molecule is CCCCOc1ccc(C(=O)N2CCN(c3nc(Cc4ccccc4)nc4c3c(C)nn4-c3ccc(F)cc3)CC2)cc1. The van der Waals surface area contributed by atoms with Crippen LogP contribution >= 0.6 is 0 Å². The minimum Gasteiger partial charge on any atom is -0.494 e. The van der Waals surface area contributed by atoms with Crippen molar-refractivity contribution < 1.29 is 13.9 Å². The molecule has 43 heavy (non-hydrogen) atoms. The van der Waals surface area contributed by atoms with Gasteiger partial charge in [-0.1, -0.05) is 43.7 Å². The van der Waals surface area contributed by atoms with Crippen molar-refractivity contribution >= 4 is 22.8 Å². The predicted octanol–water partition coefficient (Wildman–Crippen LogP) is 6.00. The van der Waals surface area contributed by atoms with E-state index in [0.29, 0.717) is 56.2 Å². The summed E-state index contributed by atoms with van der Waals surface area (Å²) in [6.45, 7) is 7.14. The van der Waals surface area contributed by atoms with Crippen molar-refractivity contribution in [2.24, 2.45) is 0 Å².